The molecule has 0 unspecified atom stereocenters. The highest BCUT2D eigenvalue weighted by atomic mass is 15.0. The average molecular weight is 810 g/mol. The van der Waals surface area contributed by atoms with Crippen molar-refractivity contribution in [1.82, 2.24) is 13.7 Å². The molecular weight excluding hydrogens is 763 g/mol. The molecule has 0 amide bonds. The number of rotatable bonds is 4. The second-order valence-electron chi connectivity index (χ2n) is 19.5. The summed E-state index contributed by atoms with van der Waals surface area (Å²) in [6.07, 6.45) is 16.1. The van der Waals surface area contributed by atoms with Crippen LogP contribution in [0, 0.1) is 0 Å². The highest BCUT2D eigenvalue weighted by Crippen LogP contribution is 2.57. The molecule has 3 aromatic heterocycles. The molecular formula is C60H47N3. The zero-order valence-corrected chi connectivity index (χ0v) is 36.3. The van der Waals surface area contributed by atoms with Crippen LogP contribution in [0.25, 0.3) is 99.9 Å². The zero-order chi connectivity index (χ0) is 41.9. The van der Waals surface area contributed by atoms with Crippen molar-refractivity contribution < 1.29 is 0 Å². The van der Waals surface area contributed by atoms with Crippen LogP contribution >= 0.6 is 0 Å². The van der Waals surface area contributed by atoms with Gasteiger partial charge in [-0.05, 0) is 155 Å². The molecule has 63 heavy (non-hydrogen) atoms. The first-order valence-corrected chi connectivity index (χ1v) is 22.9. The van der Waals surface area contributed by atoms with Crippen LogP contribution in [0.3, 0.4) is 0 Å². The number of para-hydroxylation sites is 3. The van der Waals surface area contributed by atoms with Crippen molar-refractivity contribution in [2.24, 2.45) is 0 Å². The lowest BCUT2D eigenvalue weighted by molar-refractivity contribution is 0.594. The van der Waals surface area contributed by atoms with Crippen molar-refractivity contribution in [3.63, 3.8) is 0 Å². The summed E-state index contributed by atoms with van der Waals surface area (Å²) in [7, 11) is 0. The number of benzene rings is 7. The van der Waals surface area contributed by atoms with Crippen molar-refractivity contribution >= 4 is 66.3 Å². The number of nitrogens with zero attached hydrogens (tertiary/aromatic N) is 3. The fourth-order valence-corrected chi connectivity index (χ4v) is 12.3. The Morgan fingerprint density at radius 1 is 0.429 bits per heavy atom. The summed E-state index contributed by atoms with van der Waals surface area (Å²) in [5.41, 5.74) is 23.5. The Labute approximate surface area is 367 Å². The van der Waals surface area contributed by atoms with Crippen LogP contribution in [0.1, 0.15) is 80.5 Å². The Morgan fingerprint density at radius 3 is 1.71 bits per heavy atom. The van der Waals surface area contributed by atoms with Crippen LogP contribution in [-0.4, -0.2) is 13.7 Å². The van der Waals surface area contributed by atoms with Crippen molar-refractivity contribution in [3.05, 3.63) is 191 Å². The molecule has 14 rings (SSSR count). The van der Waals surface area contributed by atoms with E-state index in [1.54, 1.807) is 0 Å². The standard InChI is InChI=1S/C60H47N3/c1-59(2)48-22-15-23-49-58(48)63-56-46(32-38(34-50(56)59)36-26-28-54-44(30-36)42-20-11-13-24-52(42)61(54)40-16-7-5-8-17-40)47-33-39(35-51(57(47)63)60(49,3)4)37-27-29-55-45(31-37)43-21-12-14-25-53(43)62(55)41-18-9-6-10-19-41/h5,7-9,11,13-20,22-35H,6,10,12,21H2,1-4H3. The molecule has 0 spiro atoms. The molecule has 0 fully saturated rings. The van der Waals surface area contributed by atoms with Crippen LogP contribution in [0.4, 0.5) is 0 Å². The molecule has 7 aromatic carbocycles. The monoisotopic (exact) mass is 809 g/mol. The predicted molar refractivity (Wildman–Crippen MR) is 266 cm³/mol. The van der Waals surface area contributed by atoms with Crippen LogP contribution in [0.5, 0.6) is 0 Å². The van der Waals surface area contributed by atoms with Gasteiger partial charge in [0, 0.05) is 54.8 Å². The van der Waals surface area contributed by atoms with Gasteiger partial charge in [0.15, 0.2) is 0 Å². The zero-order valence-electron chi connectivity index (χ0n) is 36.3. The fraction of sp³-hybridized carbons (Fsp3) is 0.167. The van der Waals surface area contributed by atoms with Gasteiger partial charge in [-0.25, -0.2) is 0 Å². The normalized spacial score (nSPS) is 16.5. The topological polar surface area (TPSA) is 14.8 Å². The van der Waals surface area contributed by atoms with Crippen LogP contribution in [-0.2, 0) is 17.3 Å². The van der Waals surface area contributed by atoms with E-state index in [2.05, 4.69) is 205 Å². The second kappa shape index (κ2) is 12.3. The molecule has 5 heterocycles. The maximum Gasteiger partial charge on any atom is 0.0582 e. The number of allylic oxidation sites excluding steroid dienone is 5. The van der Waals surface area contributed by atoms with E-state index in [1.807, 2.05) is 0 Å². The summed E-state index contributed by atoms with van der Waals surface area (Å²) in [6, 6.07) is 51.3. The third kappa shape index (κ3) is 4.59. The van der Waals surface area contributed by atoms with Crippen LogP contribution in [0.2, 0.25) is 0 Å². The SMILES string of the molecule is CC1(C)c2cccc3c2-n2c4c1cc(-c1ccc5c(c1)c1c(n5C5=CCCC=C5)C=CCC1)cc4c1cc(-c4ccc5c(c4)c4ccccc4n5-c4ccccc4)cc(c12)C3(C)C. The highest BCUT2D eigenvalue weighted by Gasteiger charge is 2.43. The molecule has 2 aliphatic carbocycles. The third-order valence-corrected chi connectivity index (χ3v) is 15.4. The maximum atomic E-state index is 2.66. The number of hydrogen-bond acceptors (Lipinski definition) is 0. The summed E-state index contributed by atoms with van der Waals surface area (Å²) in [6.45, 7) is 9.80. The van der Waals surface area contributed by atoms with Gasteiger partial charge < -0.3 is 13.7 Å². The summed E-state index contributed by atoms with van der Waals surface area (Å²) in [4.78, 5) is 0. The van der Waals surface area contributed by atoms with Crippen LogP contribution in [0.15, 0.2) is 158 Å². The molecule has 3 nitrogen and oxygen atoms in total. The van der Waals surface area contributed by atoms with Gasteiger partial charge in [0.05, 0.1) is 33.3 Å². The van der Waals surface area contributed by atoms with Crippen molar-refractivity contribution in [2.75, 3.05) is 0 Å². The number of fused-ring (bicyclic) bond motifs is 7. The molecule has 10 aromatic rings. The van der Waals surface area contributed by atoms with Crippen molar-refractivity contribution in [1.29, 1.82) is 0 Å². The number of aryl methyl sites for hydroxylation is 1. The Balaban J connectivity index is 1.04. The smallest absolute Gasteiger partial charge is 0.0582 e. The molecule has 4 aliphatic rings. The molecule has 0 saturated heterocycles. The molecule has 0 atom stereocenters. The third-order valence-electron chi connectivity index (χ3n) is 15.4. The minimum Gasteiger partial charge on any atom is -0.310 e. The maximum absolute atomic E-state index is 2.66. The van der Waals surface area contributed by atoms with E-state index in [9.17, 15) is 0 Å². The van der Waals surface area contributed by atoms with Gasteiger partial charge in [0.25, 0.3) is 0 Å². The minimum absolute atomic E-state index is 0.199. The van der Waals surface area contributed by atoms with E-state index >= 15 is 0 Å². The van der Waals surface area contributed by atoms with Crippen molar-refractivity contribution in [3.8, 4) is 33.6 Å². The second-order valence-corrected chi connectivity index (χ2v) is 19.5. The Kier molecular flexibility index (Phi) is 6.93. The molecule has 0 N–H and O–H groups in total. The van der Waals surface area contributed by atoms with E-state index in [0.29, 0.717) is 0 Å². The first kappa shape index (κ1) is 35.5. The summed E-state index contributed by atoms with van der Waals surface area (Å²) < 4.78 is 7.59. The fourth-order valence-electron chi connectivity index (χ4n) is 12.3. The molecule has 302 valence electrons. The molecule has 2 aliphatic heterocycles. The van der Waals surface area contributed by atoms with E-state index in [0.717, 1.165) is 25.7 Å². The largest absolute Gasteiger partial charge is 0.310 e. The van der Waals surface area contributed by atoms with Gasteiger partial charge in [-0.1, -0.05) is 113 Å². The summed E-state index contributed by atoms with van der Waals surface area (Å²) in [5.74, 6) is 0. The van der Waals surface area contributed by atoms with Crippen molar-refractivity contribution in [2.45, 2.75) is 64.2 Å². The van der Waals surface area contributed by atoms with E-state index in [-0.39, 0.29) is 10.8 Å². The molecule has 3 heteroatoms. The van der Waals surface area contributed by atoms with Gasteiger partial charge in [-0.3, -0.25) is 0 Å². The Morgan fingerprint density at radius 2 is 1.03 bits per heavy atom. The number of aromatic nitrogens is 3. The van der Waals surface area contributed by atoms with Gasteiger partial charge in [0.2, 0.25) is 0 Å². The van der Waals surface area contributed by atoms with Gasteiger partial charge in [-0.15, -0.1) is 0 Å². The lowest BCUT2D eigenvalue weighted by atomic mass is 9.68. The van der Waals surface area contributed by atoms with Gasteiger partial charge >= 0.3 is 0 Å². The Hall–Kier alpha value is -7.10. The van der Waals surface area contributed by atoms with Crippen LogP contribution < -0.4 is 0 Å². The molecule has 0 saturated carbocycles. The van der Waals surface area contributed by atoms with Gasteiger partial charge in [0.1, 0.15) is 0 Å². The lowest BCUT2D eigenvalue weighted by Gasteiger charge is -2.42. The van der Waals surface area contributed by atoms with E-state index in [1.165, 1.54) is 127 Å². The molecule has 0 bridgehead atoms. The highest BCUT2D eigenvalue weighted by molar-refractivity contribution is 6.17. The Bertz CT molecular complexity index is 3770. The van der Waals surface area contributed by atoms with E-state index < -0.39 is 0 Å². The van der Waals surface area contributed by atoms with E-state index in [4.69, 9.17) is 0 Å². The lowest BCUT2D eigenvalue weighted by Crippen LogP contribution is -2.33. The number of hydrogen-bond donors (Lipinski definition) is 0. The first-order chi connectivity index (χ1) is 30.8. The summed E-state index contributed by atoms with van der Waals surface area (Å²) >= 11 is 0. The quantitative estimate of drug-likeness (QED) is 0.168. The minimum atomic E-state index is -0.206. The average Bonchev–Trinajstić information content (AvgIpc) is 3.96. The van der Waals surface area contributed by atoms with Gasteiger partial charge in [-0.2, -0.15) is 0 Å². The first-order valence-electron chi connectivity index (χ1n) is 22.9. The predicted octanol–water partition coefficient (Wildman–Crippen LogP) is 15.6. The molecule has 0 radical (unpaired) electrons. The summed E-state index contributed by atoms with van der Waals surface area (Å²) in [5, 5.41) is 6.61.